The minimum absolute atomic E-state index is 0.0430. The number of hydrogen-bond donors (Lipinski definition) is 1. The fourth-order valence-corrected chi connectivity index (χ4v) is 8.21. The van der Waals surface area contributed by atoms with Crippen LogP contribution in [0.4, 0.5) is 11.8 Å². The van der Waals surface area contributed by atoms with Crippen LogP contribution in [0.15, 0.2) is 67.1 Å². The van der Waals surface area contributed by atoms with E-state index >= 15 is 0 Å². The smallest absolute Gasteiger partial charge is 0.232 e. The van der Waals surface area contributed by atoms with Gasteiger partial charge in [-0.15, -0.1) is 10.2 Å². The van der Waals surface area contributed by atoms with Gasteiger partial charge >= 0.3 is 0 Å². The van der Waals surface area contributed by atoms with Gasteiger partial charge in [-0.05, 0) is 100 Å². The highest BCUT2D eigenvalue weighted by molar-refractivity contribution is 7.93. The molecule has 5 heterocycles. The third-order valence-electron chi connectivity index (χ3n) is 10.8. The Balaban J connectivity index is 0.994. The predicted molar refractivity (Wildman–Crippen MR) is 218 cm³/mol. The maximum Gasteiger partial charge on any atom is 0.232 e. The number of amides is 1. The van der Waals surface area contributed by atoms with Crippen molar-refractivity contribution in [1.29, 1.82) is 0 Å². The maximum atomic E-state index is 13.5. The number of fused-ring (bicyclic) bond motifs is 2. The van der Waals surface area contributed by atoms with Gasteiger partial charge in [0.05, 0.1) is 36.6 Å². The first kappa shape index (κ1) is 38.6. The van der Waals surface area contributed by atoms with Gasteiger partial charge in [0, 0.05) is 42.3 Å². The zero-order valence-corrected chi connectivity index (χ0v) is 33.7. The average molecular weight is 767 g/mol. The lowest BCUT2D eigenvalue weighted by Gasteiger charge is -2.39. The van der Waals surface area contributed by atoms with E-state index < -0.39 is 0 Å². The molecule has 55 heavy (non-hydrogen) atoms. The Bertz CT molecular complexity index is 2070. The molecule has 0 spiro atoms. The topological polar surface area (TPSA) is 121 Å². The van der Waals surface area contributed by atoms with E-state index in [2.05, 4.69) is 88.7 Å². The number of rotatable bonds is 14. The van der Waals surface area contributed by atoms with Crippen LogP contribution in [0.3, 0.4) is 0 Å². The Labute approximate surface area is 328 Å². The fourth-order valence-electron chi connectivity index (χ4n) is 7.97. The van der Waals surface area contributed by atoms with Crippen molar-refractivity contribution in [3.8, 4) is 17.2 Å². The molecule has 13 heteroatoms. The molecule has 292 valence electrons. The SMILES string of the molecule is CSOCCOc1cncc(-n2nc(C(C)(C)C)cc2NC(=O)CCCC2CC[C@@H](Oc3ccc4nnc(N5[C@H](C)CCC[C@@H]5C)n4c3)c3ccccc32)c1. The summed E-state index contributed by atoms with van der Waals surface area (Å²) in [7, 11) is 0. The molecule has 5 aromatic rings. The molecule has 7 rings (SSSR count). The first-order valence-corrected chi connectivity index (χ1v) is 20.8. The van der Waals surface area contributed by atoms with Gasteiger partial charge in [0.1, 0.15) is 30.0 Å². The molecule has 1 unspecified atom stereocenters. The van der Waals surface area contributed by atoms with Crippen LogP contribution in [0.1, 0.15) is 115 Å². The van der Waals surface area contributed by atoms with Crippen molar-refractivity contribution in [3.63, 3.8) is 0 Å². The van der Waals surface area contributed by atoms with Crippen LogP contribution in [0.2, 0.25) is 0 Å². The molecular weight excluding hydrogens is 713 g/mol. The Hall–Kier alpha value is -4.62. The summed E-state index contributed by atoms with van der Waals surface area (Å²) < 4.78 is 21.7. The van der Waals surface area contributed by atoms with Gasteiger partial charge in [0.2, 0.25) is 11.9 Å². The lowest BCUT2D eigenvalue weighted by molar-refractivity contribution is -0.116. The van der Waals surface area contributed by atoms with Gasteiger partial charge in [-0.25, -0.2) is 4.68 Å². The number of aromatic nitrogens is 6. The standard InChI is InChI=1S/C42H54N8O4S/c1-28-11-9-12-29(2)49(28)41-46-45-38-20-18-32(27-48(38)41)54-36-19-17-30(34-14-7-8-15-35(34)36)13-10-16-40(51)44-39-24-37(42(3,4)5)47-50(39)31-23-33(26-43-25-31)52-21-22-53-55-6/h7-8,14-15,18,20,23-30,36H,9-13,16-17,19,21-22H2,1-6H3,(H,44,51)/t28-,29+,30?,36-/m1/s1. The Morgan fingerprint density at radius 1 is 0.945 bits per heavy atom. The van der Waals surface area contributed by atoms with Gasteiger partial charge in [0.15, 0.2) is 5.65 Å². The van der Waals surface area contributed by atoms with Gasteiger partial charge in [-0.2, -0.15) is 5.10 Å². The number of nitrogens with one attached hydrogen (secondary N) is 1. The normalized spacial score (nSPS) is 20.0. The highest BCUT2D eigenvalue weighted by Gasteiger charge is 2.31. The molecular formula is C42H54N8O4S. The highest BCUT2D eigenvalue weighted by atomic mass is 32.2. The summed E-state index contributed by atoms with van der Waals surface area (Å²) in [6.45, 7) is 11.7. The van der Waals surface area contributed by atoms with E-state index in [-0.39, 0.29) is 17.4 Å². The van der Waals surface area contributed by atoms with Crippen molar-refractivity contribution in [2.45, 2.75) is 116 Å². The van der Waals surface area contributed by atoms with Crippen molar-refractivity contribution >= 4 is 35.4 Å². The summed E-state index contributed by atoms with van der Waals surface area (Å²) in [5.74, 6) is 3.22. The molecule has 1 aromatic carbocycles. The van der Waals surface area contributed by atoms with E-state index in [1.165, 1.54) is 29.6 Å². The van der Waals surface area contributed by atoms with Crippen LogP contribution in [0, 0.1) is 0 Å². The van der Waals surface area contributed by atoms with Gasteiger partial charge in [0.25, 0.3) is 0 Å². The average Bonchev–Trinajstić information content (AvgIpc) is 3.79. The van der Waals surface area contributed by atoms with E-state index in [1.807, 2.05) is 36.7 Å². The number of anilines is 2. The quantitative estimate of drug-likeness (QED) is 0.0867. The predicted octanol–water partition coefficient (Wildman–Crippen LogP) is 8.85. The molecule has 0 radical (unpaired) electrons. The Morgan fingerprint density at radius 3 is 2.53 bits per heavy atom. The monoisotopic (exact) mass is 766 g/mol. The number of carbonyl (C=O) groups is 1. The van der Waals surface area contributed by atoms with Crippen molar-refractivity contribution in [1.82, 2.24) is 29.4 Å². The molecule has 12 nitrogen and oxygen atoms in total. The Kier molecular flexibility index (Phi) is 12.0. The molecule has 2 aliphatic rings. The summed E-state index contributed by atoms with van der Waals surface area (Å²) in [6, 6.07) is 17.3. The van der Waals surface area contributed by atoms with Crippen molar-refractivity contribution in [2.24, 2.45) is 0 Å². The van der Waals surface area contributed by atoms with Crippen LogP contribution in [-0.4, -0.2) is 66.8 Å². The summed E-state index contributed by atoms with van der Waals surface area (Å²) in [4.78, 5) is 20.2. The molecule has 1 N–H and O–H groups in total. The van der Waals surface area contributed by atoms with Crippen LogP contribution >= 0.6 is 12.0 Å². The van der Waals surface area contributed by atoms with Gasteiger partial charge in [-0.3, -0.25) is 14.2 Å². The summed E-state index contributed by atoms with van der Waals surface area (Å²) in [6.07, 6.45) is 14.8. The third-order valence-corrected chi connectivity index (χ3v) is 11.2. The van der Waals surface area contributed by atoms with Crippen LogP contribution < -0.4 is 19.7 Å². The number of carbonyl (C=O) groups excluding carboxylic acids is 1. The maximum absolute atomic E-state index is 13.5. The van der Waals surface area contributed by atoms with E-state index in [9.17, 15) is 4.79 Å². The number of piperidine rings is 1. The number of benzene rings is 1. The van der Waals surface area contributed by atoms with E-state index in [0.29, 0.717) is 54.9 Å². The fraction of sp³-hybridized carbons (Fsp3) is 0.500. The summed E-state index contributed by atoms with van der Waals surface area (Å²) in [5.41, 5.74) is 4.71. The van der Waals surface area contributed by atoms with Crippen LogP contribution in [0.25, 0.3) is 11.3 Å². The third kappa shape index (κ3) is 8.94. The lowest BCUT2D eigenvalue weighted by atomic mass is 9.79. The van der Waals surface area contributed by atoms with Crippen molar-refractivity contribution in [2.75, 3.05) is 29.7 Å². The second kappa shape index (κ2) is 17.0. The molecule has 4 aromatic heterocycles. The Morgan fingerprint density at radius 2 is 1.75 bits per heavy atom. The lowest BCUT2D eigenvalue weighted by Crippen LogP contribution is -2.44. The molecule has 0 saturated carbocycles. The number of ether oxygens (including phenoxy) is 2. The van der Waals surface area contributed by atoms with E-state index in [4.69, 9.17) is 18.8 Å². The second-order valence-electron chi connectivity index (χ2n) is 15.9. The number of pyridine rings is 2. The van der Waals surface area contributed by atoms with Gasteiger partial charge in [-0.1, -0.05) is 45.0 Å². The summed E-state index contributed by atoms with van der Waals surface area (Å²) in [5, 5.41) is 17.1. The van der Waals surface area contributed by atoms with Crippen molar-refractivity contribution in [3.05, 3.63) is 83.9 Å². The molecule has 0 bridgehead atoms. The molecule has 1 aliphatic carbocycles. The zero-order valence-electron chi connectivity index (χ0n) is 32.9. The van der Waals surface area contributed by atoms with Gasteiger partial charge < -0.3 is 23.9 Å². The van der Waals surface area contributed by atoms with Crippen LogP contribution in [0.5, 0.6) is 11.5 Å². The number of hydrogen-bond acceptors (Lipinski definition) is 10. The number of nitrogens with zero attached hydrogens (tertiary/aromatic N) is 7. The molecule has 1 aliphatic heterocycles. The molecule has 1 amide bonds. The van der Waals surface area contributed by atoms with Crippen LogP contribution in [-0.2, 0) is 14.4 Å². The first-order valence-electron chi connectivity index (χ1n) is 19.6. The van der Waals surface area contributed by atoms with E-state index in [1.54, 1.807) is 17.1 Å². The summed E-state index contributed by atoms with van der Waals surface area (Å²) >= 11 is 1.30. The van der Waals surface area contributed by atoms with E-state index in [0.717, 1.165) is 61.6 Å². The van der Waals surface area contributed by atoms with Crippen molar-refractivity contribution < 1.29 is 18.5 Å². The molecule has 4 atom stereocenters. The zero-order chi connectivity index (χ0) is 38.5. The highest BCUT2D eigenvalue weighted by Crippen LogP contribution is 2.42. The minimum atomic E-state index is -0.214. The minimum Gasteiger partial charge on any atom is -0.489 e. The molecule has 1 saturated heterocycles. The first-order chi connectivity index (χ1) is 26.6. The second-order valence-corrected chi connectivity index (χ2v) is 16.4. The largest absolute Gasteiger partial charge is 0.489 e. The molecule has 1 fully saturated rings.